The van der Waals surface area contributed by atoms with E-state index in [1.54, 1.807) is 4.90 Å². The maximum atomic E-state index is 12.8. The number of carbonyl (C=O) groups is 1. The van der Waals surface area contributed by atoms with Gasteiger partial charge in [-0.2, -0.15) is 0 Å². The van der Waals surface area contributed by atoms with Gasteiger partial charge in [0.1, 0.15) is 0 Å². The van der Waals surface area contributed by atoms with Crippen LogP contribution in [0.3, 0.4) is 0 Å². The van der Waals surface area contributed by atoms with Gasteiger partial charge in [-0.1, -0.05) is 79.3 Å². The first-order valence-corrected chi connectivity index (χ1v) is 9.74. The lowest BCUT2D eigenvalue weighted by molar-refractivity contribution is -0.113. The van der Waals surface area contributed by atoms with Gasteiger partial charge in [-0.25, -0.2) is 0 Å². The van der Waals surface area contributed by atoms with Gasteiger partial charge in [-0.3, -0.25) is 9.69 Å². The summed E-state index contributed by atoms with van der Waals surface area (Å²) in [5, 5.41) is 0. The van der Waals surface area contributed by atoms with Crippen LogP contribution in [0.25, 0.3) is 6.08 Å². The summed E-state index contributed by atoms with van der Waals surface area (Å²) in [7, 11) is 0. The highest BCUT2D eigenvalue weighted by Gasteiger charge is 2.33. The standard InChI is InChI=1S/C21H21NOS2/c1-3-4-5-16-10-12-18(13-11-16)22-20(23)19(25-21(22)24)14-17-8-6-15(2)7-9-17/h6-14H,3-5H2,1-2H3/b19-14-. The van der Waals surface area contributed by atoms with E-state index >= 15 is 0 Å². The molecule has 0 atom stereocenters. The first-order chi connectivity index (χ1) is 12.1. The number of hydrogen-bond acceptors (Lipinski definition) is 3. The Morgan fingerprint density at radius 2 is 1.76 bits per heavy atom. The predicted molar refractivity (Wildman–Crippen MR) is 112 cm³/mol. The third-order valence-electron chi connectivity index (χ3n) is 4.18. The number of rotatable bonds is 5. The van der Waals surface area contributed by atoms with Crippen molar-refractivity contribution in [3.63, 3.8) is 0 Å². The van der Waals surface area contributed by atoms with Crippen LogP contribution in [-0.4, -0.2) is 10.2 Å². The first-order valence-electron chi connectivity index (χ1n) is 8.52. The van der Waals surface area contributed by atoms with Crippen molar-refractivity contribution in [2.75, 3.05) is 4.90 Å². The van der Waals surface area contributed by atoms with Gasteiger partial charge in [0.05, 0.1) is 10.6 Å². The number of aryl methyl sites for hydroxylation is 2. The van der Waals surface area contributed by atoms with E-state index in [2.05, 4.69) is 19.1 Å². The number of thiocarbonyl (C=S) groups is 1. The van der Waals surface area contributed by atoms with Gasteiger partial charge in [0.15, 0.2) is 4.32 Å². The molecule has 1 amide bonds. The lowest BCUT2D eigenvalue weighted by atomic mass is 10.1. The quantitative estimate of drug-likeness (QED) is 0.496. The zero-order valence-corrected chi connectivity index (χ0v) is 16.1. The molecule has 25 heavy (non-hydrogen) atoms. The van der Waals surface area contributed by atoms with Crippen LogP contribution in [0.5, 0.6) is 0 Å². The van der Waals surface area contributed by atoms with Gasteiger partial charge >= 0.3 is 0 Å². The first kappa shape index (κ1) is 17.9. The van der Waals surface area contributed by atoms with Crippen molar-refractivity contribution in [2.24, 2.45) is 0 Å². The van der Waals surface area contributed by atoms with Crippen LogP contribution in [0.15, 0.2) is 53.4 Å². The minimum absolute atomic E-state index is 0.0446. The summed E-state index contributed by atoms with van der Waals surface area (Å²) < 4.78 is 0.588. The van der Waals surface area contributed by atoms with Crippen molar-refractivity contribution in [1.29, 1.82) is 0 Å². The van der Waals surface area contributed by atoms with Gasteiger partial charge in [-0.15, -0.1) is 0 Å². The molecule has 0 saturated carbocycles. The highest BCUT2D eigenvalue weighted by atomic mass is 32.2. The Morgan fingerprint density at radius 3 is 2.40 bits per heavy atom. The molecular formula is C21H21NOS2. The van der Waals surface area contributed by atoms with Crippen LogP contribution >= 0.6 is 24.0 Å². The van der Waals surface area contributed by atoms with Crippen molar-refractivity contribution < 1.29 is 4.79 Å². The molecule has 1 saturated heterocycles. The fourth-order valence-corrected chi connectivity index (χ4v) is 4.00. The van der Waals surface area contributed by atoms with E-state index in [4.69, 9.17) is 12.2 Å². The fourth-order valence-electron chi connectivity index (χ4n) is 2.70. The molecule has 0 spiro atoms. The van der Waals surface area contributed by atoms with Gasteiger partial charge in [0, 0.05) is 0 Å². The SMILES string of the molecule is CCCCc1ccc(N2C(=O)/C(=C/c3ccc(C)cc3)SC2=S)cc1. The lowest BCUT2D eigenvalue weighted by Crippen LogP contribution is -2.27. The Hall–Kier alpha value is -1.91. The highest BCUT2D eigenvalue weighted by Crippen LogP contribution is 2.36. The molecule has 2 aromatic rings. The normalized spacial score (nSPS) is 16.1. The number of unbranched alkanes of at least 4 members (excludes halogenated alkanes) is 1. The second kappa shape index (κ2) is 7.98. The minimum atomic E-state index is -0.0446. The van der Waals surface area contributed by atoms with E-state index in [1.807, 2.05) is 49.4 Å². The monoisotopic (exact) mass is 367 g/mol. The molecule has 0 bridgehead atoms. The van der Waals surface area contributed by atoms with E-state index in [0.29, 0.717) is 9.23 Å². The maximum absolute atomic E-state index is 12.8. The van der Waals surface area contributed by atoms with Crippen molar-refractivity contribution >= 4 is 46.0 Å². The molecule has 0 N–H and O–H groups in total. The molecule has 3 rings (SSSR count). The number of amides is 1. The van der Waals surface area contributed by atoms with Crippen LogP contribution < -0.4 is 4.90 Å². The smallest absolute Gasteiger partial charge is 0.268 e. The van der Waals surface area contributed by atoms with Crippen LogP contribution in [0.2, 0.25) is 0 Å². The Bertz CT molecular complexity index is 807. The van der Waals surface area contributed by atoms with Gasteiger partial charge in [0.25, 0.3) is 5.91 Å². The van der Waals surface area contributed by atoms with Crippen molar-refractivity contribution in [1.82, 2.24) is 0 Å². The summed E-state index contributed by atoms with van der Waals surface area (Å²) in [5.41, 5.74) is 4.36. The molecule has 1 aliphatic heterocycles. The number of nitrogens with zero attached hydrogens (tertiary/aromatic N) is 1. The molecule has 0 aromatic heterocycles. The Labute approximate surface area is 158 Å². The van der Waals surface area contributed by atoms with E-state index in [-0.39, 0.29) is 5.91 Å². The van der Waals surface area contributed by atoms with E-state index < -0.39 is 0 Å². The Kier molecular flexibility index (Phi) is 5.71. The predicted octanol–water partition coefficient (Wildman–Crippen LogP) is 5.74. The van der Waals surface area contributed by atoms with Crippen LogP contribution in [0.1, 0.15) is 36.5 Å². The third-order valence-corrected chi connectivity index (χ3v) is 5.48. The molecule has 1 heterocycles. The molecule has 0 unspecified atom stereocenters. The van der Waals surface area contributed by atoms with Crippen molar-refractivity contribution in [3.8, 4) is 0 Å². The van der Waals surface area contributed by atoms with Crippen LogP contribution in [0, 0.1) is 6.92 Å². The average Bonchev–Trinajstić information content (AvgIpc) is 2.89. The summed E-state index contributed by atoms with van der Waals surface area (Å²) in [4.78, 5) is 15.1. The van der Waals surface area contributed by atoms with Gasteiger partial charge in [0.2, 0.25) is 0 Å². The zero-order chi connectivity index (χ0) is 17.8. The molecule has 0 radical (unpaired) electrons. The molecule has 128 valence electrons. The van der Waals surface area contributed by atoms with Gasteiger partial charge in [-0.05, 0) is 49.1 Å². The number of thioether (sulfide) groups is 1. The average molecular weight is 368 g/mol. The fraction of sp³-hybridized carbons (Fsp3) is 0.238. The molecule has 2 nitrogen and oxygen atoms in total. The largest absolute Gasteiger partial charge is 0.270 e. The second-order valence-electron chi connectivity index (χ2n) is 6.20. The van der Waals surface area contributed by atoms with E-state index in [1.165, 1.54) is 35.7 Å². The summed E-state index contributed by atoms with van der Waals surface area (Å²) in [6.45, 7) is 4.24. The third kappa shape index (κ3) is 4.20. The topological polar surface area (TPSA) is 20.3 Å². The molecule has 2 aromatic carbocycles. The second-order valence-corrected chi connectivity index (χ2v) is 7.87. The molecule has 1 fully saturated rings. The zero-order valence-electron chi connectivity index (χ0n) is 14.5. The Balaban J connectivity index is 1.80. The summed E-state index contributed by atoms with van der Waals surface area (Å²) in [6.07, 6.45) is 5.34. The van der Waals surface area contributed by atoms with Crippen LogP contribution in [-0.2, 0) is 11.2 Å². The van der Waals surface area contributed by atoms with E-state index in [9.17, 15) is 4.79 Å². The molecule has 4 heteroatoms. The number of anilines is 1. The molecular weight excluding hydrogens is 346 g/mol. The molecule has 0 aliphatic carbocycles. The lowest BCUT2D eigenvalue weighted by Gasteiger charge is -2.15. The minimum Gasteiger partial charge on any atom is -0.268 e. The highest BCUT2D eigenvalue weighted by molar-refractivity contribution is 8.27. The van der Waals surface area contributed by atoms with E-state index in [0.717, 1.165) is 17.7 Å². The number of benzene rings is 2. The summed E-state index contributed by atoms with van der Waals surface area (Å²) >= 11 is 6.81. The number of hydrogen-bond donors (Lipinski definition) is 0. The number of carbonyl (C=O) groups excluding carboxylic acids is 1. The maximum Gasteiger partial charge on any atom is 0.270 e. The Morgan fingerprint density at radius 1 is 1.08 bits per heavy atom. The van der Waals surface area contributed by atoms with Gasteiger partial charge < -0.3 is 0 Å². The summed E-state index contributed by atoms with van der Waals surface area (Å²) in [5.74, 6) is -0.0446. The molecule has 1 aliphatic rings. The van der Waals surface area contributed by atoms with Crippen molar-refractivity contribution in [3.05, 3.63) is 70.1 Å². The van der Waals surface area contributed by atoms with Crippen LogP contribution in [0.4, 0.5) is 5.69 Å². The summed E-state index contributed by atoms with van der Waals surface area (Å²) in [6, 6.07) is 16.3. The van der Waals surface area contributed by atoms with Crippen molar-refractivity contribution in [2.45, 2.75) is 33.1 Å².